The number of sulfone groups is 1. The maximum Gasteiger partial charge on any atom is 0.170 e. The van der Waals surface area contributed by atoms with Gasteiger partial charge in [-0.3, -0.25) is 4.90 Å². The minimum Gasteiger partial charge on any atom is -0.409 e. The molecule has 1 saturated heterocycles. The summed E-state index contributed by atoms with van der Waals surface area (Å²) in [5.74, 6) is 0.477. The SMILES string of the molecule is CC1CS(=O)(=O)CCN1Cc1cccc(/C(N)=N/O)c1. The Morgan fingerprint density at radius 3 is 2.95 bits per heavy atom. The quantitative estimate of drug-likeness (QED) is 0.364. The first-order valence-electron chi connectivity index (χ1n) is 6.42. The van der Waals surface area contributed by atoms with Crippen LogP contribution in [0.3, 0.4) is 0 Å². The van der Waals surface area contributed by atoms with Crippen molar-refractivity contribution >= 4 is 15.7 Å². The molecule has 6 nitrogen and oxygen atoms in total. The number of rotatable bonds is 3. The predicted octanol–water partition coefficient (Wildman–Crippen LogP) is 0.400. The van der Waals surface area contributed by atoms with Crippen LogP contribution in [0.5, 0.6) is 0 Å². The Morgan fingerprint density at radius 1 is 1.55 bits per heavy atom. The first kappa shape index (κ1) is 14.8. The van der Waals surface area contributed by atoms with E-state index in [1.807, 2.05) is 25.1 Å². The number of oxime groups is 1. The van der Waals surface area contributed by atoms with Gasteiger partial charge in [0, 0.05) is 24.7 Å². The molecule has 1 unspecified atom stereocenters. The van der Waals surface area contributed by atoms with Crippen molar-refractivity contribution in [2.75, 3.05) is 18.1 Å². The number of nitrogens with zero attached hydrogens (tertiary/aromatic N) is 2. The Kier molecular flexibility index (Phi) is 4.29. The molecule has 2 rings (SSSR count). The molecule has 0 saturated carbocycles. The highest BCUT2D eigenvalue weighted by molar-refractivity contribution is 7.91. The van der Waals surface area contributed by atoms with Crippen LogP contribution in [-0.4, -0.2) is 48.5 Å². The van der Waals surface area contributed by atoms with E-state index in [4.69, 9.17) is 10.9 Å². The Labute approximate surface area is 118 Å². The molecule has 0 amide bonds. The fourth-order valence-corrected chi connectivity index (χ4v) is 4.01. The average molecular weight is 297 g/mol. The van der Waals surface area contributed by atoms with Gasteiger partial charge in [-0.2, -0.15) is 0 Å². The highest BCUT2D eigenvalue weighted by Gasteiger charge is 2.27. The molecule has 1 fully saturated rings. The molecule has 0 bridgehead atoms. The van der Waals surface area contributed by atoms with Gasteiger partial charge in [-0.15, -0.1) is 0 Å². The van der Waals surface area contributed by atoms with Crippen LogP contribution in [-0.2, 0) is 16.4 Å². The molecule has 1 aromatic rings. The van der Waals surface area contributed by atoms with Crippen molar-refractivity contribution in [2.45, 2.75) is 19.5 Å². The molecule has 3 N–H and O–H groups in total. The molecule has 7 heteroatoms. The van der Waals surface area contributed by atoms with Gasteiger partial charge in [0.05, 0.1) is 11.5 Å². The van der Waals surface area contributed by atoms with Crippen LogP contribution in [0.1, 0.15) is 18.1 Å². The van der Waals surface area contributed by atoms with Gasteiger partial charge in [0.1, 0.15) is 0 Å². The van der Waals surface area contributed by atoms with Gasteiger partial charge in [0.2, 0.25) is 0 Å². The maximum atomic E-state index is 11.6. The third-order valence-electron chi connectivity index (χ3n) is 3.52. The standard InChI is InChI=1S/C13H19N3O3S/c1-10-9-20(18,19)6-5-16(10)8-11-3-2-4-12(7-11)13(14)15-17/h2-4,7,10,17H,5-6,8-9H2,1H3,(H2,14,15). The van der Waals surface area contributed by atoms with E-state index < -0.39 is 9.84 Å². The molecule has 110 valence electrons. The summed E-state index contributed by atoms with van der Waals surface area (Å²) < 4.78 is 23.1. The number of hydrogen-bond acceptors (Lipinski definition) is 5. The van der Waals surface area contributed by atoms with E-state index in [9.17, 15) is 8.42 Å². The maximum absolute atomic E-state index is 11.6. The lowest BCUT2D eigenvalue weighted by Crippen LogP contribution is -2.46. The van der Waals surface area contributed by atoms with Crippen molar-refractivity contribution in [3.8, 4) is 0 Å². The van der Waals surface area contributed by atoms with Crippen LogP contribution in [0.2, 0.25) is 0 Å². The molecule has 0 spiro atoms. The third-order valence-corrected chi connectivity index (χ3v) is 5.32. The van der Waals surface area contributed by atoms with Crippen molar-refractivity contribution in [1.29, 1.82) is 0 Å². The second-order valence-corrected chi connectivity index (χ2v) is 7.35. The summed E-state index contributed by atoms with van der Waals surface area (Å²) in [5, 5.41) is 11.7. The summed E-state index contributed by atoms with van der Waals surface area (Å²) in [4.78, 5) is 2.13. The van der Waals surface area contributed by atoms with Crippen LogP contribution in [0.15, 0.2) is 29.4 Å². The Morgan fingerprint density at radius 2 is 2.30 bits per heavy atom. The van der Waals surface area contributed by atoms with Crippen molar-refractivity contribution in [1.82, 2.24) is 4.90 Å². The van der Waals surface area contributed by atoms with Crippen LogP contribution < -0.4 is 5.73 Å². The lowest BCUT2D eigenvalue weighted by Gasteiger charge is -2.33. The van der Waals surface area contributed by atoms with Crippen LogP contribution in [0, 0.1) is 0 Å². The van der Waals surface area contributed by atoms with Gasteiger partial charge in [-0.1, -0.05) is 23.4 Å². The smallest absolute Gasteiger partial charge is 0.170 e. The lowest BCUT2D eigenvalue weighted by molar-refractivity contribution is 0.218. The molecule has 0 aliphatic carbocycles. The summed E-state index contributed by atoms with van der Waals surface area (Å²) >= 11 is 0. The molecule has 0 radical (unpaired) electrons. The second kappa shape index (κ2) is 5.80. The monoisotopic (exact) mass is 297 g/mol. The zero-order valence-electron chi connectivity index (χ0n) is 11.4. The van der Waals surface area contributed by atoms with E-state index in [-0.39, 0.29) is 23.4 Å². The number of amidine groups is 1. The highest BCUT2D eigenvalue weighted by Crippen LogP contribution is 2.16. The average Bonchev–Trinajstić information content (AvgIpc) is 2.41. The summed E-state index contributed by atoms with van der Waals surface area (Å²) in [6.07, 6.45) is 0. The van der Waals surface area contributed by atoms with E-state index in [1.54, 1.807) is 6.07 Å². The molecule has 1 aromatic carbocycles. The van der Waals surface area contributed by atoms with Crippen molar-refractivity contribution in [3.05, 3.63) is 35.4 Å². The fraction of sp³-hybridized carbons (Fsp3) is 0.462. The minimum absolute atomic E-state index is 0.00117. The van der Waals surface area contributed by atoms with Crippen molar-refractivity contribution < 1.29 is 13.6 Å². The van der Waals surface area contributed by atoms with E-state index in [1.165, 1.54) is 0 Å². The predicted molar refractivity (Wildman–Crippen MR) is 77.5 cm³/mol. The number of benzene rings is 1. The van der Waals surface area contributed by atoms with Gasteiger partial charge >= 0.3 is 0 Å². The molecule has 1 heterocycles. The van der Waals surface area contributed by atoms with E-state index in [2.05, 4.69) is 10.1 Å². The molecule has 20 heavy (non-hydrogen) atoms. The van der Waals surface area contributed by atoms with Crippen LogP contribution in [0.25, 0.3) is 0 Å². The van der Waals surface area contributed by atoms with Gasteiger partial charge in [0.25, 0.3) is 0 Å². The van der Waals surface area contributed by atoms with E-state index >= 15 is 0 Å². The number of nitrogens with two attached hydrogens (primary N) is 1. The van der Waals surface area contributed by atoms with Gasteiger partial charge in [-0.25, -0.2) is 8.42 Å². The van der Waals surface area contributed by atoms with E-state index in [0.717, 1.165) is 5.56 Å². The molecular formula is C13H19N3O3S. The largest absolute Gasteiger partial charge is 0.409 e. The van der Waals surface area contributed by atoms with E-state index in [0.29, 0.717) is 18.7 Å². The third kappa shape index (κ3) is 3.49. The first-order valence-corrected chi connectivity index (χ1v) is 8.25. The summed E-state index contributed by atoms with van der Waals surface area (Å²) in [5.41, 5.74) is 7.24. The Bertz CT molecular complexity index is 613. The molecule has 0 aromatic heterocycles. The normalized spacial score (nSPS) is 23.6. The molecular weight excluding hydrogens is 278 g/mol. The lowest BCUT2D eigenvalue weighted by atomic mass is 10.1. The summed E-state index contributed by atoms with van der Waals surface area (Å²) in [7, 11) is -2.90. The first-order chi connectivity index (χ1) is 9.41. The Hall–Kier alpha value is -1.60. The topological polar surface area (TPSA) is 96.0 Å². The highest BCUT2D eigenvalue weighted by atomic mass is 32.2. The summed E-state index contributed by atoms with van der Waals surface area (Å²) in [6, 6.07) is 7.41. The second-order valence-electron chi connectivity index (χ2n) is 5.12. The fourth-order valence-electron chi connectivity index (χ4n) is 2.39. The zero-order valence-corrected chi connectivity index (χ0v) is 12.2. The van der Waals surface area contributed by atoms with Gasteiger partial charge < -0.3 is 10.9 Å². The molecule has 1 aliphatic heterocycles. The number of hydrogen-bond donors (Lipinski definition) is 2. The van der Waals surface area contributed by atoms with Crippen LogP contribution >= 0.6 is 0 Å². The summed E-state index contributed by atoms with van der Waals surface area (Å²) in [6.45, 7) is 3.12. The van der Waals surface area contributed by atoms with Crippen molar-refractivity contribution in [3.63, 3.8) is 0 Å². The van der Waals surface area contributed by atoms with Crippen LogP contribution in [0.4, 0.5) is 0 Å². The van der Waals surface area contributed by atoms with Crippen molar-refractivity contribution in [2.24, 2.45) is 10.9 Å². The molecule has 1 aliphatic rings. The minimum atomic E-state index is -2.90. The zero-order chi connectivity index (χ0) is 14.8. The Balaban J connectivity index is 2.11. The van der Waals surface area contributed by atoms with Gasteiger partial charge in [0.15, 0.2) is 15.7 Å². The van der Waals surface area contributed by atoms with Gasteiger partial charge in [-0.05, 0) is 18.6 Å². The molecule has 1 atom stereocenters.